The van der Waals surface area contributed by atoms with Crippen LogP contribution in [0.1, 0.15) is 46.1 Å². The minimum atomic E-state index is -1.19. The van der Waals surface area contributed by atoms with Crippen molar-refractivity contribution >= 4 is 28.6 Å². The third-order valence-corrected chi connectivity index (χ3v) is 5.49. The van der Waals surface area contributed by atoms with Crippen LogP contribution in [-0.4, -0.2) is 35.3 Å². The van der Waals surface area contributed by atoms with Gasteiger partial charge in [-0.25, -0.2) is 4.79 Å². The lowest BCUT2D eigenvalue weighted by Crippen LogP contribution is -2.45. The number of amides is 4. The molecule has 0 bridgehead atoms. The van der Waals surface area contributed by atoms with Crippen molar-refractivity contribution in [3.8, 4) is 0 Å². The molecule has 0 aliphatic carbocycles. The first-order valence-electron chi connectivity index (χ1n) is 10.1. The van der Waals surface area contributed by atoms with Crippen LogP contribution in [0.3, 0.4) is 0 Å². The quantitative estimate of drug-likeness (QED) is 0.704. The van der Waals surface area contributed by atoms with Crippen LogP contribution in [-0.2, 0) is 15.1 Å². The number of hydrogen-bond donors (Lipinski definition) is 2. The first-order valence-corrected chi connectivity index (χ1v) is 10.1. The van der Waals surface area contributed by atoms with Crippen LogP contribution < -0.4 is 10.6 Å². The lowest BCUT2D eigenvalue weighted by Gasteiger charge is -2.23. The van der Waals surface area contributed by atoms with Gasteiger partial charge in [0, 0.05) is 6.04 Å². The van der Waals surface area contributed by atoms with Gasteiger partial charge in [0.2, 0.25) is 5.91 Å². The molecule has 1 fully saturated rings. The third kappa shape index (κ3) is 4.42. The normalized spacial score (nSPS) is 20.2. The van der Waals surface area contributed by atoms with Crippen molar-refractivity contribution in [2.45, 2.75) is 52.1 Å². The van der Waals surface area contributed by atoms with Gasteiger partial charge in [-0.2, -0.15) is 0 Å². The highest BCUT2D eigenvalue weighted by molar-refractivity contribution is 6.09. The Morgan fingerprint density at radius 2 is 1.76 bits per heavy atom. The second-order valence-electron chi connectivity index (χ2n) is 8.45. The van der Waals surface area contributed by atoms with Crippen molar-refractivity contribution in [3.05, 3.63) is 48.0 Å². The van der Waals surface area contributed by atoms with E-state index >= 15 is 0 Å². The highest BCUT2D eigenvalue weighted by Crippen LogP contribution is 2.30. The summed E-state index contributed by atoms with van der Waals surface area (Å²) in [5, 5.41) is 7.70. The Labute approximate surface area is 171 Å². The lowest BCUT2D eigenvalue weighted by molar-refractivity contribution is -0.135. The first kappa shape index (κ1) is 20.8. The fourth-order valence-corrected chi connectivity index (χ4v) is 3.66. The summed E-state index contributed by atoms with van der Waals surface area (Å²) >= 11 is 0. The number of urea groups is 1. The molecule has 1 heterocycles. The second kappa shape index (κ2) is 8.23. The van der Waals surface area contributed by atoms with Crippen LogP contribution in [0.15, 0.2) is 42.5 Å². The maximum atomic E-state index is 13.1. The van der Waals surface area contributed by atoms with E-state index < -0.39 is 17.5 Å². The Balaban J connectivity index is 1.72. The molecular formula is C23H29N3O3. The van der Waals surface area contributed by atoms with Crippen LogP contribution in [0.5, 0.6) is 0 Å². The van der Waals surface area contributed by atoms with Gasteiger partial charge in [0.05, 0.1) is 0 Å². The Morgan fingerprint density at radius 1 is 1.07 bits per heavy atom. The second-order valence-corrected chi connectivity index (χ2v) is 8.45. The Bertz CT molecular complexity index is 940. The Morgan fingerprint density at radius 3 is 2.45 bits per heavy atom. The average molecular weight is 396 g/mol. The van der Waals surface area contributed by atoms with Gasteiger partial charge in [0.1, 0.15) is 12.1 Å². The molecule has 0 saturated carbocycles. The van der Waals surface area contributed by atoms with Gasteiger partial charge in [0.25, 0.3) is 5.91 Å². The van der Waals surface area contributed by atoms with Crippen molar-refractivity contribution < 1.29 is 14.4 Å². The van der Waals surface area contributed by atoms with Gasteiger partial charge in [-0.1, -0.05) is 50.2 Å². The van der Waals surface area contributed by atoms with Crippen LogP contribution in [0.25, 0.3) is 10.8 Å². The van der Waals surface area contributed by atoms with E-state index in [1.165, 1.54) is 0 Å². The smallest absolute Gasteiger partial charge is 0.325 e. The fraction of sp³-hybridized carbons (Fsp3) is 0.435. The van der Waals surface area contributed by atoms with Crippen LogP contribution in [0.4, 0.5) is 4.79 Å². The van der Waals surface area contributed by atoms with E-state index in [-0.39, 0.29) is 18.5 Å². The largest absolute Gasteiger partial charge is 0.352 e. The summed E-state index contributed by atoms with van der Waals surface area (Å²) in [5.41, 5.74) is -0.493. The molecule has 0 spiro atoms. The first-order chi connectivity index (χ1) is 13.7. The summed E-state index contributed by atoms with van der Waals surface area (Å²) in [6, 6.07) is 13.0. The molecule has 2 atom stereocenters. The molecule has 6 heteroatoms. The van der Waals surface area contributed by atoms with Crippen molar-refractivity contribution in [2.75, 3.05) is 6.54 Å². The van der Waals surface area contributed by atoms with E-state index in [4.69, 9.17) is 0 Å². The number of nitrogens with zero attached hydrogens (tertiary/aromatic N) is 1. The average Bonchev–Trinajstić information content (AvgIpc) is 2.90. The number of carbonyl (C=O) groups is 3. The van der Waals surface area contributed by atoms with Gasteiger partial charge in [0.15, 0.2) is 0 Å². The topological polar surface area (TPSA) is 78.5 Å². The predicted octanol–water partition coefficient (Wildman–Crippen LogP) is 3.55. The zero-order valence-electron chi connectivity index (χ0n) is 17.5. The monoisotopic (exact) mass is 395 g/mol. The van der Waals surface area contributed by atoms with Gasteiger partial charge < -0.3 is 10.6 Å². The van der Waals surface area contributed by atoms with Gasteiger partial charge in [-0.05, 0) is 55.0 Å². The van der Waals surface area contributed by atoms with Crippen LogP contribution in [0.2, 0.25) is 0 Å². The molecule has 6 nitrogen and oxygen atoms in total. The number of imide groups is 1. The number of carbonyl (C=O) groups excluding carboxylic acids is 3. The Hall–Kier alpha value is -2.89. The highest BCUT2D eigenvalue weighted by Gasteiger charge is 2.49. The van der Waals surface area contributed by atoms with E-state index in [9.17, 15) is 14.4 Å². The van der Waals surface area contributed by atoms with E-state index in [0.29, 0.717) is 11.5 Å². The summed E-state index contributed by atoms with van der Waals surface area (Å²) in [7, 11) is 0. The van der Waals surface area contributed by atoms with Crippen LogP contribution in [0, 0.1) is 5.92 Å². The summed E-state index contributed by atoms with van der Waals surface area (Å²) in [4.78, 5) is 38.9. The molecule has 4 amide bonds. The third-order valence-electron chi connectivity index (χ3n) is 5.49. The molecule has 2 aromatic rings. The zero-order chi connectivity index (χ0) is 21.2. The van der Waals surface area contributed by atoms with E-state index in [1.54, 1.807) is 6.92 Å². The molecule has 1 aliphatic rings. The summed E-state index contributed by atoms with van der Waals surface area (Å²) in [6.45, 7) is 7.61. The summed E-state index contributed by atoms with van der Waals surface area (Å²) in [5.74, 6) is -0.182. The van der Waals surface area contributed by atoms with Gasteiger partial charge >= 0.3 is 6.03 Å². The molecule has 0 aromatic heterocycles. The van der Waals surface area contributed by atoms with Crippen molar-refractivity contribution in [2.24, 2.45) is 5.92 Å². The van der Waals surface area contributed by atoms with Crippen LogP contribution >= 0.6 is 0 Å². The molecule has 2 N–H and O–H groups in total. The number of benzene rings is 2. The standard InChI is InChI=1S/C23H29N3O3/c1-15(2)9-10-16(3)24-20(27)14-26-21(28)23(4,25-22(26)29)19-12-11-17-7-5-6-8-18(17)13-19/h5-8,11-13,15-16H,9-10,14H2,1-4H3,(H,24,27)(H,25,29)/t16-,23-/m1/s1. The van der Waals surface area contributed by atoms with Gasteiger partial charge in [-0.3, -0.25) is 14.5 Å². The van der Waals surface area contributed by atoms with Crippen molar-refractivity contribution in [1.29, 1.82) is 0 Å². The molecule has 0 unspecified atom stereocenters. The minimum absolute atomic E-state index is 0.00228. The number of hydrogen-bond acceptors (Lipinski definition) is 3. The van der Waals surface area contributed by atoms with Gasteiger partial charge in [-0.15, -0.1) is 0 Å². The minimum Gasteiger partial charge on any atom is -0.352 e. The number of rotatable bonds is 7. The maximum Gasteiger partial charge on any atom is 0.325 e. The molecule has 0 radical (unpaired) electrons. The number of nitrogens with one attached hydrogen (secondary N) is 2. The SMILES string of the molecule is CC(C)CC[C@@H](C)NC(=O)CN1C(=O)N[C@](C)(c2ccc3ccccc3c2)C1=O. The zero-order valence-corrected chi connectivity index (χ0v) is 17.5. The fourth-order valence-electron chi connectivity index (χ4n) is 3.66. The molecular weight excluding hydrogens is 366 g/mol. The Kier molecular flexibility index (Phi) is 5.91. The molecule has 29 heavy (non-hydrogen) atoms. The van der Waals surface area contributed by atoms with Crippen molar-refractivity contribution in [1.82, 2.24) is 15.5 Å². The number of fused-ring (bicyclic) bond motifs is 1. The van der Waals surface area contributed by atoms with E-state index in [0.717, 1.165) is 28.5 Å². The molecule has 1 aliphatic heterocycles. The molecule has 1 saturated heterocycles. The maximum absolute atomic E-state index is 13.1. The lowest BCUT2D eigenvalue weighted by atomic mass is 9.90. The molecule has 154 valence electrons. The predicted molar refractivity (Wildman–Crippen MR) is 113 cm³/mol. The highest BCUT2D eigenvalue weighted by atomic mass is 16.2. The molecule has 3 rings (SSSR count). The summed E-state index contributed by atoms with van der Waals surface area (Å²) in [6.07, 6.45) is 1.86. The van der Waals surface area contributed by atoms with Crippen molar-refractivity contribution in [3.63, 3.8) is 0 Å². The van der Waals surface area contributed by atoms with E-state index in [1.807, 2.05) is 49.4 Å². The summed E-state index contributed by atoms with van der Waals surface area (Å²) < 4.78 is 0. The molecule has 2 aromatic carbocycles. The van der Waals surface area contributed by atoms with E-state index in [2.05, 4.69) is 24.5 Å².